The highest BCUT2D eigenvalue weighted by atomic mass is 16.5. The van der Waals surface area contributed by atoms with Crippen LogP contribution in [0.25, 0.3) is 0 Å². The Morgan fingerprint density at radius 2 is 1.91 bits per heavy atom. The van der Waals surface area contributed by atoms with E-state index in [-0.39, 0.29) is 11.5 Å². The summed E-state index contributed by atoms with van der Waals surface area (Å²) in [6, 6.07) is 0. The molecule has 0 aliphatic carbocycles. The summed E-state index contributed by atoms with van der Waals surface area (Å²) < 4.78 is 5.58. The molecule has 0 radical (unpaired) electrons. The van der Waals surface area contributed by atoms with E-state index in [4.69, 9.17) is 10.5 Å². The molecular formula is C9H21NO. The second kappa shape index (κ2) is 4.73. The van der Waals surface area contributed by atoms with Crippen molar-refractivity contribution in [1.82, 2.24) is 0 Å². The number of hydrogen-bond acceptors (Lipinski definition) is 2. The van der Waals surface area contributed by atoms with Gasteiger partial charge in [0.25, 0.3) is 0 Å². The summed E-state index contributed by atoms with van der Waals surface area (Å²) in [5.41, 5.74) is 5.75. The third-order valence-corrected chi connectivity index (χ3v) is 1.70. The molecule has 0 aliphatic heterocycles. The quantitative estimate of drug-likeness (QED) is 0.678. The molecule has 68 valence electrons. The van der Waals surface area contributed by atoms with Crippen molar-refractivity contribution in [1.29, 1.82) is 0 Å². The lowest BCUT2D eigenvalue weighted by atomic mass is 9.89. The molecular weight excluding hydrogens is 138 g/mol. The first kappa shape index (κ1) is 10.9. The summed E-state index contributed by atoms with van der Waals surface area (Å²) in [5, 5.41) is 0. The van der Waals surface area contributed by atoms with Gasteiger partial charge in [-0.2, -0.15) is 0 Å². The minimum Gasteiger partial charge on any atom is -0.376 e. The standard InChI is InChI=1S/C9H21NO/c1-5-6-11-8(7-10)9(2,3)4/h8H,5-7,10H2,1-4H3. The Labute approximate surface area is 70.1 Å². The average Bonchev–Trinajstić information content (AvgIpc) is 1.87. The molecule has 0 heterocycles. The highest BCUT2D eigenvalue weighted by Crippen LogP contribution is 2.21. The summed E-state index contributed by atoms with van der Waals surface area (Å²) in [5.74, 6) is 0. The van der Waals surface area contributed by atoms with Crippen molar-refractivity contribution in [3.05, 3.63) is 0 Å². The van der Waals surface area contributed by atoms with Gasteiger partial charge >= 0.3 is 0 Å². The fourth-order valence-electron chi connectivity index (χ4n) is 0.932. The fourth-order valence-corrected chi connectivity index (χ4v) is 0.932. The van der Waals surface area contributed by atoms with E-state index in [1.807, 2.05) is 0 Å². The first-order valence-corrected chi connectivity index (χ1v) is 4.34. The van der Waals surface area contributed by atoms with Crippen LogP contribution in [0.15, 0.2) is 0 Å². The number of ether oxygens (including phenoxy) is 1. The maximum absolute atomic E-state index is 5.58. The summed E-state index contributed by atoms with van der Waals surface area (Å²) in [4.78, 5) is 0. The van der Waals surface area contributed by atoms with Crippen LogP contribution in [0.1, 0.15) is 34.1 Å². The molecule has 11 heavy (non-hydrogen) atoms. The predicted molar refractivity (Wildman–Crippen MR) is 48.5 cm³/mol. The summed E-state index contributed by atoms with van der Waals surface area (Å²) >= 11 is 0. The highest BCUT2D eigenvalue weighted by Gasteiger charge is 2.23. The zero-order chi connectivity index (χ0) is 8.91. The van der Waals surface area contributed by atoms with E-state index >= 15 is 0 Å². The lowest BCUT2D eigenvalue weighted by molar-refractivity contribution is -0.0108. The summed E-state index contributed by atoms with van der Waals surface area (Å²) in [6.45, 7) is 10.00. The molecule has 0 saturated heterocycles. The van der Waals surface area contributed by atoms with Gasteiger partial charge in [0.1, 0.15) is 0 Å². The van der Waals surface area contributed by atoms with E-state index < -0.39 is 0 Å². The van der Waals surface area contributed by atoms with E-state index in [1.165, 1.54) is 0 Å². The minimum atomic E-state index is 0.171. The van der Waals surface area contributed by atoms with Gasteiger partial charge in [-0.25, -0.2) is 0 Å². The first-order chi connectivity index (χ1) is 5.02. The predicted octanol–water partition coefficient (Wildman–Crippen LogP) is 1.79. The van der Waals surface area contributed by atoms with Crippen molar-refractivity contribution in [2.75, 3.05) is 13.2 Å². The third-order valence-electron chi connectivity index (χ3n) is 1.70. The molecule has 0 aromatic heterocycles. The van der Waals surface area contributed by atoms with E-state index in [2.05, 4.69) is 27.7 Å². The Hall–Kier alpha value is -0.0800. The zero-order valence-electron chi connectivity index (χ0n) is 8.18. The molecule has 0 saturated carbocycles. The molecule has 0 amide bonds. The van der Waals surface area contributed by atoms with E-state index in [0.29, 0.717) is 6.54 Å². The Kier molecular flexibility index (Phi) is 4.69. The van der Waals surface area contributed by atoms with Crippen LogP contribution >= 0.6 is 0 Å². The van der Waals surface area contributed by atoms with Gasteiger partial charge < -0.3 is 10.5 Å². The van der Waals surface area contributed by atoms with Crippen LogP contribution < -0.4 is 5.73 Å². The minimum absolute atomic E-state index is 0.171. The summed E-state index contributed by atoms with van der Waals surface area (Å²) in [6.07, 6.45) is 1.26. The van der Waals surface area contributed by atoms with Crippen LogP contribution in [0.5, 0.6) is 0 Å². The van der Waals surface area contributed by atoms with Gasteiger partial charge in [-0.15, -0.1) is 0 Å². The molecule has 1 atom stereocenters. The van der Waals surface area contributed by atoms with Gasteiger partial charge in [0.05, 0.1) is 6.10 Å². The Balaban J connectivity index is 3.76. The van der Waals surface area contributed by atoms with Crippen molar-refractivity contribution in [2.45, 2.75) is 40.2 Å². The normalized spacial score (nSPS) is 15.0. The second-order valence-corrected chi connectivity index (χ2v) is 3.96. The Bertz CT molecular complexity index is 96.2. The molecule has 0 spiro atoms. The van der Waals surface area contributed by atoms with Crippen LogP contribution in [0.3, 0.4) is 0 Å². The van der Waals surface area contributed by atoms with Gasteiger partial charge in [0, 0.05) is 13.2 Å². The smallest absolute Gasteiger partial charge is 0.0745 e. The van der Waals surface area contributed by atoms with Crippen molar-refractivity contribution in [3.63, 3.8) is 0 Å². The van der Waals surface area contributed by atoms with Crippen molar-refractivity contribution in [2.24, 2.45) is 11.1 Å². The number of hydrogen-bond donors (Lipinski definition) is 1. The topological polar surface area (TPSA) is 35.2 Å². The van der Waals surface area contributed by atoms with E-state index in [9.17, 15) is 0 Å². The molecule has 0 fully saturated rings. The first-order valence-electron chi connectivity index (χ1n) is 4.34. The second-order valence-electron chi connectivity index (χ2n) is 3.96. The highest BCUT2D eigenvalue weighted by molar-refractivity contribution is 4.74. The van der Waals surface area contributed by atoms with Crippen molar-refractivity contribution >= 4 is 0 Å². The third kappa shape index (κ3) is 4.38. The number of nitrogens with two attached hydrogens (primary N) is 1. The SMILES string of the molecule is CCCOC(CN)C(C)(C)C. The molecule has 0 aromatic rings. The van der Waals surface area contributed by atoms with Crippen molar-refractivity contribution in [3.8, 4) is 0 Å². The molecule has 0 aliphatic rings. The molecule has 2 heteroatoms. The molecule has 2 nitrogen and oxygen atoms in total. The van der Waals surface area contributed by atoms with Crippen LogP contribution in [-0.4, -0.2) is 19.3 Å². The van der Waals surface area contributed by atoms with Gasteiger partial charge in [-0.05, 0) is 11.8 Å². The number of rotatable bonds is 4. The summed E-state index contributed by atoms with van der Waals surface area (Å²) in [7, 11) is 0. The molecule has 0 bridgehead atoms. The molecule has 0 rings (SSSR count). The van der Waals surface area contributed by atoms with Crippen LogP contribution in [0.4, 0.5) is 0 Å². The molecule has 2 N–H and O–H groups in total. The maximum Gasteiger partial charge on any atom is 0.0745 e. The van der Waals surface area contributed by atoms with Gasteiger partial charge in [-0.1, -0.05) is 27.7 Å². The van der Waals surface area contributed by atoms with E-state index in [0.717, 1.165) is 13.0 Å². The van der Waals surface area contributed by atoms with Gasteiger partial charge in [0.2, 0.25) is 0 Å². The fraction of sp³-hybridized carbons (Fsp3) is 1.00. The zero-order valence-corrected chi connectivity index (χ0v) is 8.18. The maximum atomic E-state index is 5.58. The average molecular weight is 159 g/mol. The van der Waals surface area contributed by atoms with Gasteiger partial charge in [-0.3, -0.25) is 0 Å². The Morgan fingerprint density at radius 3 is 2.18 bits per heavy atom. The van der Waals surface area contributed by atoms with Crippen LogP contribution in [0, 0.1) is 5.41 Å². The molecule has 1 unspecified atom stereocenters. The van der Waals surface area contributed by atoms with Crippen LogP contribution in [0.2, 0.25) is 0 Å². The lowest BCUT2D eigenvalue weighted by Crippen LogP contribution is -2.36. The lowest BCUT2D eigenvalue weighted by Gasteiger charge is -2.29. The van der Waals surface area contributed by atoms with Crippen LogP contribution in [-0.2, 0) is 4.74 Å². The Morgan fingerprint density at radius 1 is 1.36 bits per heavy atom. The largest absolute Gasteiger partial charge is 0.376 e. The van der Waals surface area contributed by atoms with Gasteiger partial charge in [0.15, 0.2) is 0 Å². The van der Waals surface area contributed by atoms with Crippen molar-refractivity contribution < 1.29 is 4.74 Å². The monoisotopic (exact) mass is 159 g/mol. The van der Waals surface area contributed by atoms with E-state index in [1.54, 1.807) is 0 Å². The molecule has 0 aromatic carbocycles.